The summed E-state index contributed by atoms with van der Waals surface area (Å²) in [6.45, 7) is 10.1. The maximum atomic E-state index is 14.1. The van der Waals surface area contributed by atoms with Gasteiger partial charge in [-0.15, -0.1) is 11.3 Å². The average molecular weight is 662 g/mol. The molecular formula is C33H51N5O7S. The fourth-order valence-corrected chi connectivity index (χ4v) is 8.26. The van der Waals surface area contributed by atoms with Gasteiger partial charge >= 0.3 is 11.9 Å². The lowest BCUT2D eigenvalue weighted by Crippen LogP contribution is -2.77. The zero-order valence-corrected chi connectivity index (χ0v) is 29.3. The lowest BCUT2D eigenvalue weighted by Gasteiger charge is -2.68. The van der Waals surface area contributed by atoms with E-state index in [4.69, 9.17) is 9.47 Å². The van der Waals surface area contributed by atoms with Crippen molar-refractivity contribution in [1.29, 1.82) is 0 Å². The molecule has 5 atom stereocenters. The maximum Gasteiger partial charge on any atom is 0.312 e. The largest absolute Gasteiger partial charge is 0.469 e. The summed E-state index contributed by atoms with van der Waals surface area (Å²) >= 11 is 1.22. The Morgan fingerprint density at radius 3 is 2.39 bits per heavy atom. The van der Waals surface area contributed by atoms with Crippen molar-refractivity contribution in [2.45, 2.75) is 116 Å². The molecule has 2 N–H and O–H groups in total. The van der Waals surface area contributed by atoms with E-state index in [2.05, 4.69) is 20.5 Å². The van der Waals surface area contributed by atoms with Gasteiger partial charge in [0.25, 0.3) is 5.91 Å². The average Bonchev–Trinajstić information content (AvgIpc) is 3.48. The molecule has 256 valence electrons. The number of carbonyl (C=O) groups excluding carboxylic acids is 5. The summed E-state index contributed by atoms with van der Waals surface area (Å²) < 4.78 is 10.6. The van der Waals surface area contributed by atoms with Crippen molar-refractivity contribution in [2.75, 3.05) is 27.7 Å². The number of likely N-dealkylation sites (tertiary alicyclic amines) is 1. The van der Waals surface area contributed by atoms with Gasteiger partial charge < -0.3 is 25.0 Å². The predicted molar refractivity (Wildman–Crippen MR) is 173 cm³/mol. The van der Waals surface area contributed by atoms with Crippen LogP contribution < -0.4 is 10.6 Å². The van der Waals surface area contributed by atoms with E-state index in [1.54, 1.807) is 17.3 Å². The number of rotatable bonds is 14. The van der Waals surface area contributed by atoms with Crippen LogP contribution in [0, 0.1) is 17.3 Å². The summed E-state index contributed by atoms with van der Waals surface area (Å²) in [5.41, 5.74) is -0.676. The topological polar surface area (TPSA) is 147 Å². The third kappa shape index (κ3) is 7.40. The van der Waals surface area contributed by atoms with Crippen LogP contribution in [-0.2, 0) is 28.7 Å². The zero-order valence-electron chi connectivity index (χ0n) is 28.5. The Hall–Kier alpha value is -3.06. The van der Waals surface area contributed by atoms with Crippen molar-refractivity contribution >= 4 is 41.0 Å². The standard InChI is InChI=1S/C33H51N5O7S/c1-9-20(4)26(35-28(41)23-12-10-11-13-37(23)6)30(42)38(7)24(19(2)3)14-25(45-21(5)39)29-34-22(15-46-29)27(40)36-33-16-32(17-33,18-33)31(43)44-8/h15,19-20,23-26H,9-14,16-18H2,1-8H3,(H,35,41)(H,36,40)/t20-,23-,24-,25-,26+,32?,33?/m1/s1. The Kier molecular flexibility index (Phi) is 11.2. The SMILES string of the molecule is CC[C@@H](C)[C@H](NC(=O)[C@H]1CCCCN1C)C(=O)N(C)[C@H](C[C@@H](OC(C)=O)c1nc(C(=O)NC23CC(C(=O)OC)(C2)C3)cs1)C(C)C. The highest BCUT2D eigenvalue weighted by atomic mass is 32.1. The van der Waals surface area contributed by atoms with Gasteiger partial charge in [-0.3, -0.25) is 28.9 Å². The van der Waals surface area contributed by atoms with Crippen LogP contribution in [0.15, 0.2) is 5.38 Å². The molecule has 3 aliphatic carbocycles. The van der Waals surface area contributed by atoms with Crippen LogP contribution in [0.5, 0.6) is 0 Å². The predicted octanol–water partition coefficient (Wildman–Crippen LogP) is 3.46. The summed E-state index contributed by atoms with van der Waals surface area (Å²) in [5.74, 6) is -1.49. The van der Waals surface area contributed by atoms with Crippen LogP contribution in [0.25, 0.3) is 0 Å². The quantitative estimate of drug-likeness (QED) is 0.286. The van der Waals surface area contributed by atoms with Crippen molar-refractivity contribution in [3.05, 3.63) is 16.1 Å². The summed E-state index contributed by atoms with van der Waals surface area (Å²) in [5, 5.41) is 8.21. The third-order valence-corrected chi connectivity index (χ3v) is 11.2. The number of hydrogen-bond acceptors (Lipinski definition) is 10. The van der Waals surface area contributed by atoms with E-state index in [1.165, 1.54) is 25.4 Å². The van der Waals surface area contributed by atoms with E-state index in [0.717, 1.165) is 25.8 Å². The van der Waals surface area contributed by atoms with Gasteiger partial charge in [0.2, 0.25) is 11.8 Å². The molecule has 5 rings (SSSR count). The van der Waals surface area contributed by atoms with Gasteiger partial charge in [0.1, 0.15) is 16.7 Å². The highest BCUT2D eigenvalue weighted by Gasteiger charge is 2.73. The molecule has 12 nitrogen and oxygen atoms in total. The van der Waals surface area contributed by atoms with Crippen molar-refractivity contribution in [2.24, 2.45) is 17.3 Å². The van der Waals surface area contributed by atoms with E-state index in [-0.39, 0.29) is 59.7 Å². The molecule has 3 saturated carbocycles. The maximum absolute atomic E-state index is 14.1. The Morgan fingerprint density at radius 1 is 1.15 bits per heavy atom. The molecule has 13 heteroatoms. The molecule has 1 aliphatic heterocycles. The van der Waals surface area contributed by atoms with Gasteiger partial charge in [-0.25, -0.2) is 4.98 Å². The molecule has 0 spiro atoms. The minimum Gasteiger partial charge on any atom is -0.469 e. The van der Waals surface area contributed by atoms with Crippen molar-refractivity contribution in [3.63, 3.8) is 0 Å². The third-order valence-electron chi connectivity index (χ3n) is 10.3. The number of nitrogens with zero attached hydrogens (tertiary/aromatic N) is 3. The number of methoxy groups -OCH3 is 1. The minimum atomic E-state index is -0.781. The number of esters is 2. The van der Waals surface area contributed by atoms with Crippen LogP contribution in [0.4, 0.5) is 0 Å². The number of carbonyl (C=O) groups is 5. The first-order chi connectivity index (χ1) is 21.7. The summed E-state index contributed by atoms with van der Waals surface area (Å²) in [4.78, 5) is 73.0. The van der Waals surface area contributed by atoms with E-state index < -0.39 is 29.1 Å². The first kappa shape index (κ1) is 35.8. The molecule has 1 aromatic rings. The molecular weight excluding hydrogens is 610 g/mol. The van der Waals surface area contributed by atoms with Gasteiger partial charge in [0, 0.05) is 37.4 Å². The van der Waals surface area contributed by atoms with Crippen molar-refractivity contribution < 1.29 is 33.4 Å². The number of ether oxygens (including phenoxy) is 2. The Balaban J connectivity index is 1.46. The molecule has 3 amide bonds. The highest BCUT2D eigenvalue weighted by molar-refractivity contribution is 7.09. The molecule has 0 unspecified atom stereocenters. The van der Waals surface area contributed by atoms with Crippen LogP contribution >= 0.6 is 11.3 Å². The number of hydrogen-bond donors (Lipinski definition) is 2. The first-order valence-corrected chi connectivity index (χ1v) is 17.3. The second-order valence-corrected chi connectivity index (χ2v) is 15.0. The van der Waals surface area contributed by atoms with Crippen LogP contribution in [-0.4, -0.2) is 95.9 Å². The second kappa shape index (κ2) is 14.4. The van der Waals surface area contributed by atoms with Crippen LogP contribution in [0.1, 0.15) is 108 Å². The van der Waals surface area contributed by atoms with Crippen LogP contribution in [0.3, 0.4) is 0 Å². The van der Waals surface area contributed by atoms with E-state index in [1.807, 2.05) is 34.7 Å². The van der Waals surface area contributed by atoms with Crippen molar-refractivity contribution in [3.8, 4) is 0 Å². The van der Waals surface area contributed by atoms with Gasteiger partial charge in [-0.1, -0.05) is 40.5 Å². The van der Waals surface area contributed by atoms with E-state index >= 15 is 0 Å². The minimum absolute atomic E-state index is 0.0149. The fraction of sp³-hybridized carbons (Fsp3) is 0.758. The molecule has 2 bridgehead atoms. The first-order valence-electron chi connectivity index (χ1n) is 16.5. The smallest absolute Gasteiger partial charge is 0.312 e. The van der Waals surface area contributed by atoms with Gasteiger partial charge in [0.15, 0.2) is 6.10 Å². The fourth-order valence-electron chi connectivity index (χ4n) is 7.42. The molecule has 4 aliphatic rings. The monoisotopic (exact) mass is 661 g/mol. The lowest BCUT2D eigenvalue weighted by atomic mass is 9.39. The summed E-state index contributed by atoms with van der Waals surface area (Å²) in [6, 6.07) is -1.31. The van der Waals surface area contributed by atoms with Gasteiger partial charge in [0.05, 0.1) is 18.6 Å². The highest BCUT2D eigenvalue weighted by Crippen LogP contribution is 2.67. The number of aromatic nitrogens is 1. The van der Waals surface area contributed by atoms with Crippen molar-refractivity contribution in [1.82, 2.24) is 25.4 Å². The van der Waals surface area contributed by atoms with E-state index in [0.29, 0.717) is 30.7 Å². The molecule has 46 heavy (non-hydrogen) atoms. The summed E-state index contributed by atoms with van der Waals surface area (Å²) in [7, 11) is 5.06. The zero-order chi connectivity index (χ0) is 34.0. The number of piperidine rings is 1. The van der Waals surface area contributed by atoms with Crippen LogP contribution in [0.2, 0.25) is 0 Å². The lowest BCUT2D eigenvalue weighted by molar-refractivity contribution is -0.199. The molecule has 2 heterocycles. The Labute approximate surface area is 276 Å². The molecule has 1 saturated heterocycles. The van der Waals surface area contributed by atoms with E-state index in [9.17, 15) is 24.0 Å². The molecule has 0 aromatic carbocycles. The number of nitrogens with one attached hydrogen (secondary N) is 2. The summed E-state index contributed by atoms with van der Waals surface area (Å²) in [6.07, 6.45) is 4.66. The van der Waals surface area contributed by atoms with Gasteiger partial charge in [-0.05, 0) is 57.5 Å². The number of likely N-dealkylation sites (N-methyl/N-ethyl adjacent to an activating group) is 2. The second-order valence-electron chi connectivity index (χ2n) is 14.1. The number of thiazole rings is 1. The molecule has 0 radical (unpaired) electrons. The Morgan fingerprint density at radius 2 is 1.83 bits per heavy atom. The molecule has 1 aromatic heterocycles. The Bertz CT molecular complexity index is 1300. The van der Waals surface area contributed by atoms with Gasteiger partial charge in [-0.2, -0.15) is 0 Å². The normalized spacial score (nSPS) is 26.4. The molecule has 4 fully saturated rings. The number of amides is 3.